The van der Waals surface area contributed by atoms with Crippen molar-refractivity contribution in [3.05, 3.63) is 57.4 Å². The number of hydrogen-bond donors (Lipinski definition) is 0. The van der Waals surface area contributed by atoms with Gasteiger partial charge in [0.1, 0.15) is 5.54 Å². The second kappa shape index (κ2) is 6.32. The summed E-state index contributed by atoms with van der Waals surface area (Å²) >= 11 is 3.51. The normalized spacial score (nSPS) is 24.4. The summed E-state index contributed by atoms with van der Waals surface area (Å²) in [6.45, 7) is -3.09. The van der Waals surface area contributed by atoms with E-state index in [0.717, 1.165) is 34.6 Å². The van der Waals surface area contributed by atoms with Crippen LogP contribution in [0.25, 0.3) is 0 Å². The van der Waals surface area contributed by atoms with E-state index >= 15 is 0 Å². The zero-order valence-electron chi connectivity index (χ0n) is 13.9. The maximum Gasteiger partial charge on any atom is 0.417 e. The first-order valence-corrected chi connectivity index (χ1v) is 9.09. The molecule has 1 aromatic rings. The number of fused-ring (bicyclic) bond motifs is 3. The zero-order chi connectivity index (χ0) is 19.4. The second-order valence-electron chi connectivity index (χ2n) is 6.68. The smallest absolute Gasteiger partial charge is 0.417 e. The van der Waals surface area contributed by atoms with E-state index in [1.165, 1.54) is 4.90 Å². The van der Waals surface area contributed by atoms with Crippen LogP contribution in [0.2, 0.25) is 0 Å². The molecule has 0 saturated heterocycles. The number of alkyl halides is 5. The van der Waals surface area contributed by atoms with Crippen LogP contribution in [0.5, 0.6) is 0 Å². The molecule has 144 valence electrons. The predicted molar refractivity (Wildman–Crippen MR) is 92.2 cm³/mol. The Morgan fingerprint density at radius 2 is 2.04 bits per heavy atom. The Kier molecular flexibility index (Phi) is 4.32. The van der Waals surface area contributed by atoms with E-state index < -0.39 is 29.7 Å². The molecule has 0 saturated carbocycles. The molecule has 2 heterocycles. The minimum atomic E-state index is -4.68. The molecule has 0 amide bonds. The van der Waals surface area contributed by atoms with Crippen molar-refractivity contribution in [1.82, 2.24) is 4.90 Å². The molecule has 0 fully saturated rings. The summed E-state index contributed by atoms with van der Waals surface area (Å²) in [4.78, 5) is 5.89. The molecule has 0 aromatic heterocycles. The van der Waals surface area contributed by atoms with Crippen LogP contribution in [-0.2, 0) is 16.7 Å². The van der Waals surface area contributed by atoms with Crippen LogP contribution in [0.1, 0.15) is 24.0 Å². The van der Waals surface area contributed by atoms with E-state index in [4.69, 9.17) is 0 Å². The summed E-state index contributed by atoms with van der Waals surface area (Å²) in [5.41, 5.74) is 0.130. The van der Waals surface area contributed by atoms with Crippen molar-refractivity contribution >= 4 is 21.8 Å². The summed E-state index contributed by atoms with van der Waals surface area (Å²) in [7, 11) is 0. The number of hydrogen-bond acceptors (Lipinski definition) is 3. The van der Waals surface area contributed by atoms with E-state index in [1.54, 1.807) is 0 Å². The van der Waals surface area contributed by atoms with Gasteiger partial charge < -0.3 is 9.64 Å². The molecule has 3 nitrogen and oxygen atoms in total. The van der Waals surface area contributed by atoms with Gasteiger partial charge in [-0.15, -0.1) is 0 Å². The number of halogens is 6. The van der Waals surface area contributed by atoms with E-state index in [0.29, 0.717) is 12.5 Å². The first kappa shape index (κ1) is 18.5. The van der Waals surface area contributed by atoms with Crippen molar-refractivity contribution in [3.8, 4) is 0 Å². The van der Waals surface area contributed by atoms with Gasteiger partial charge in [-0.05, 0) is 42.5 Å². The molecule has 9 heteroatoms. The van der Waals surface area contributed by atoms with Crippen molar-refractivity contribution in [1.29, 1.82) is 0 Å². The fraction of sp³-hybridized carbons (Fsp3) is 0.389. The summed E-state index contributed by atoms with van der Waals surface area (Å²) < 4.78 is 70.5. The van der Waals surface area contributed by atoms with Gasteiger partial charge >= 0.3 is 12.8 Å². The average molecular weight is 449 g/mol. The Bertz CT molecular complexity index is 877. The maximum atomic E-state index is 13.2. The van der Waals surface area contributed by atoms with Crippen molar-refractivity contribution in [2.24, 2.45) is 4.99 Å². The fourth-order valence-corrected chi connectivity index (χ4v) is 4.50. The summed E-state index contributed by atoms with van der Waals surface area (Å²) in [5, 5.41) is 0. The van der Waals surface area contributed by atoms with Crippen molar-refractivity contribution in [2.75, 3.05) is 6.54 Å². The Labute approximate surface area is 160 Å². The third-order valence-electron chi connectivity index (χ3n) is 5.01. The predicted octanol–water partition coefficient (Wildman–Crippen LogP) is 5.28. The molecule has 27 heavy (non-hydrogen) atoms. The van der Waals surface area contributed by atoms with E-state index in [-0.39, 0.29) is 12.4 Å². The molecule has 0 radical (unpaired) electrons. The molecule has 3 aliphatic rings. The van der Waals surface area contributed by atoms with Crippen LogP contribution >= 0.6 is 15.9 Å². The number of rotatable bonds is 2. The van der Waals surface area contributed by atoms with Gasteiger partial charge in [-0.25, -0.2) is 0 Å². The van der Waals surface area contributed by atoms with E-state index in [2.05, 4.69) is 25.7 Å². The fourth-order valence-electron chi connectivity index (χ4n) is 3.93. The van der Waals surface area contributed by atoms with Crippen molar-refractivity contribution < 1.29 is 26.7 Å². The molecular weight excluding hydrogens is 435 g/mol. The summed E-state index contributed by atoms with van der Waals surface area (Å²) in [6, 6.07) is 5.64. The lowest BCUT2D eigenvalue weighted by Crippen LogP contribution is -2.36. The van der Waals surface area contributed by atoms with Crippen LogP contribution in [0, 0.1) is 0 Å². The Morgan fingerprint density at radius 1 is 1.26 bits per heavy atom. The third-order valence-corrected chi connectivity index (χ3v) is 5.75. The number of ether oxygens (including phenoxy) is 1. The number of benzene rings is 1. The molecule has 1 spiro atoms. The van der Waals surface area contributed by atoms with Gasteiger partial charge in [0.05, 0.1) is 12.1 Å². The largest absolute Gasteiger partial charge is 0.431 e. The highest BCUT2D eigenvalue weighted by molar-refractivity contribution is 9.10. The van der Waals surface area contributed by atoms with Gasteiger partial charge in [-0.3, -0.25) is 4.99 Å². The molecule has 1 aliphatic carbocycles. The Hall–Kier alpha value is -1.90. The minimum Gasteiger partial charge on any atom is -0.431 e. The lowest BCUT2D eigenvalue weighted by Gasteiger charge is -2.34. The van der Waals surface area contributed by atoms with Gasteiger partial charge in [-0.2, -0.15) is 22.0 Å². The standard InChI is InChI=1S/C18H14BrF5N2O/c19-13-5-1-4-12-11(13)3-2-6-17(12)9-26-8-10(18(22,23)24)7-14(15(26)25-17)27-16(20)21/h1,4-5,7-8,16H,2-3,6,9H2. The highest BCUT2D eigenvalue weighted by Gasteiger charge is 2.47. The lowest BCUT2D eigenvalue weighted by molar-refractivity contribution is -0.0981. The van der Waals surface area contributed by atoms with Crippen LogP contribution in [0.15, 0.2) is 51.3 Å². The maximum absolute atomic E-state index is 13.2. The quantitative estimate of drug-likeness (QED) is 0.575. The molecule has 1 aromatic carbocycles. The van der Waals surface area contributed by atoms with Crippen LogP contribution in [0.3, 0.4) is 0 Å². The Balaban J connectivity index is 1.82. The number of allylic oxidation sites excluding steroid dienone is 2. The molecule has 0 bridgehead atoms. The molecule has 1 unspecified atom stereocenters. The lowest BCUT2D eigenvalue weighted by atomic mass is 9.77. The Morgan fingerprint density at radius 3 is 2.74 bits per heavy atom. The number of nitrogens with zero attached hydrogens (tertiary/aromatic N) is 2. The third kappa shape index (κ3) is 3.15. The highest BCUT2D eigenvalue weighted by Crippen LogP contribution is 2.46. The molecule has 1 atom stereocenters. The minimum absolute atomic E-state index is 0.0103. The van der Waals surface area contributed by atoms with Crippen molar-refractivity contribution in [3.63, 3.8) is 0 Å². The van der Waals surface area contributed by atoms with Gasteiger partial charge in [0.2, 0.25) is 0 Å². The molecule has 2 aliphatic heterocycles. The van der Waals surface area contributed by atoms with Crippen LogP contribution in [0.4, 0.5) is 22.0 Å². The summed E-state index contributed by atoms with van der Waals surface area (Å²) in [6.07, 6.45) is -0.934. The molecular formula is C18H14BrF5N2O. The average Bonchev–Trinajstić information content (AvgIpc) is 2.94. The summed E-state index contributed by atoms with van der Waals surface area (Å²) in [5.74, 6) is -0.546. The van der Waals surface area contributed by atoms with Gasteiger partial charge in [-0.1, -0.05) is 28.1 Å². The zero-order valence-corrected chi connectivity index (χ0v) is 15.4. The number of amidine groups is 1. The topological polar surface area (TPSA) is 24.8 Å². The van der Waals surface area contributed by atoms with Crippen LogP contribution in [-0.4, -0.2) is 30.1 Å². The second-order valence-corrected chi connectivity index (χ2v) is 7.54. The van der Waals surface area contributed by atoms with Gasteiger partial charge in [0.25, 0.3) is 0 Å². The van der Waals surface area contributed by atoms with Gasteiger partial charge in [0.15, 0.2) is 11.6 Å². The molecule has 4 rings (SSSR count). The SMILES string of the molecule is FC(F)OC1=CC(C(F)(F)F)=CN2CC3(CCCc4c(Br)cccc43)N=C12. The van der Waals surface area contributed by atoms with E-state index in [9.17, 15) is 22.0 Å². The first-order valence-electron chi connectivity index (χ1n) is 8.30. The first-order chi connectivity index (χ1) is 12.7. The monoisotopic (exact) mass is 448 g/mol. The van der Waals surface area contributed by atoms with Crippen LogP contribution < -0.4 is 0 Å². The highest BCUT2D eigenvalue weighted by atomic mass is 79.9. The molecule has 0 N–H and O–H groups in total. The van der Waals surface area contributed by atoms with Gasteiger partial charge in [0, 0.05) is 10.7 Å². The van der Waals surface area contributed by atoms with E-state index in [1.807, 2.05) is 18.2 Å². The number of aliphatic imine (C=N–C) groups is 1. The van der Waals surface area contributed by atoms with Crippen molar-refractivity contribution in [2.45, 2.75) is 37.6 Å².